The van der Waals surface area contributed by atoms with Crippen molar-refractivity contribution in [3.8, 4) is 0 Å². The number of hydrogen-bond acceptors (Lipinski definition) is 4. The first-order valence-electron chi connectivity index (χ1n) is 9.64. The summed E-state index contributed by atoms with van der Waals surface area (Å²) in [7, 11) is 0. The number of hydrogen-bond donors (Lipinski definition) is 3. The largest absolute Gasteiger partial charge is 0.459 e. The van der Waals surface area contributed by atoms with Crippen molar-refractivity contribution in [3.05, 3.63) is 94.9 Å². The predicted molar refractivity (Wildman–Crippen MR) is 109 cm³/mol. The van der Waals surface area contributed by atoms with Crippen molar-refractivity contribution in [3.63, 3.8) is 0 Å². The highest BCUT2D eigenvalue weighted by atomic mass is 19.1. The van der Waals surface area contributed by atoms with E-state index in [1.807, 2.05) is 31.2 Å². The van der Waals surface area contributed by atoms with Crippen LogP contribution in [-0.2, 0) is 13.0 Å². The Morgan fingerprint density at radius 1 is 1.07 bits per heavy atom. The second-order valence-corrected chi connectivity index (χ2v) is 7.23. The zero-order valence-electron chi connectivity index (χ0n) is 16.6. The quantitative estimate of drug-likeness (QED) is 0.502. The number of nitrogens with one attached hydrogen (secondary N) is 2. The summed E-state index contributed by atoms with van der Waals surface area (Å²) in [6.45, 7) is 2.71. The minimum absolute atomic E-state index is 0.0500. The molecule has 5 nitrogen and oxygen atoms in total. The standard InChI is InChI=1S/C23H24F2N2O3/c1-15-4-2-5-16(8-15)13-26-14-21(28)20(27-23(29)22-6-3-7-30-22)11-17-9-18(24)12-19(25)10-17/h2-10,12,20-21,26,28H,11,13-14H2,1H3,(H,27,29)/t20-,21+/m0/s1. The van der Waals surface area contributed by atoms with Gasteiger partial charge in [0.15, 0.2) is 5.76 Å². The number of carbonyl (C=O) groups is 1. The van der Waals surface area contributed by atoms with Crippen LogP contribution in [0.5, 0.6) is 0 Å². The van der Waals surface area contributed by atoms with Gasteiger partial charge < -0.3 is 20.2 Å². The number of furan rings is 1. The van der Waals surface area contributed by atoms with E-state index in [0.29, 0.717) is 12.1 Å². The molecule has 7 heteroatoms. The fourth-order valence-corrected chi connectivity index (χ4v) is 3.24. The molecule has 0 saturated carbocycles. The van der Waals surface area contributed by atoms with Crippen LogP contribution in [0.1, 0.15) is 27.2 Å². The monoisotopic (exact) mass is 414 g/mol. The van der Waals surface area contributed by atoms with Crippen LogP contribution in [0.25, 0.3) is 0 Å². The van der Waals surface area contributed by atoms with E-state index in [0.717, 1.165) is 17.2 Å². The number of amides is 1. The molecule has 158 valence electrons. The molecule has 0 bridgehead atoms. The minimum atomic E-state index is -1.000. The Kier molecular flexibility index (Phi) is 7.32. The summed E-state index contributed by atoms with van der Waals surface area (Å²) in [5.74, 6) is -1.86. The molecule has 0 fully saturated rings. The van der Waals surface area contributed by atoms with Crippen molar-refractivity contribution in [2.24, 2.45) is 0 Å². The van der Waals surface area contributed by atoms with Crippen LogP contribution in [0.15, 0.2) is 65.3 Å². The lowest BCUT2D eigenvalue weighted by Gasteiger charge is -2.24. The van der Waals surface area contributed by atoms with Crippen molar-refractivity contribution in [1.29, 1.82) is 0 Å². The van der Waals surface area contributed by atoms with Crippen LogP contribution in [0.2, 0.25) is 0 Å². The molecule has 0 aliphatic carbocycles. The predicted octanol–water partition coefficient (Wildman–Crippen LogP) is 3.36. The normalized spacial score (nSPS) is 13.1. The fourth-order valence-electron chi connectivity index (χ4n) is 3.24. The molecule has 0 spiro atoms. The van der Waals surface area contributed by atoms with Gasteiger partial charge in [-0.25, -0.2) is 8.78 Å². The highest BCUT2D eigenvalue weighted by molar-refractivity contribution is 5.91. The molecule has 0 radical (unpaired) electrons. The van der Waals surface area contributed by atoms with Crippen LogP contribution >= 0.6 is 0 Å². The molecular weight excluding hydrogens is 390 g/mol. The molecular formula is C23H24F2N2O3. The highest BCUT2D eigenvalue weighted by Gasteiger charge is 2.24. The van der Waals surface area contributed by atoms with E-state index < -0.39 is 29.7 Å². The summed E-state index contributed by atoms with van der Waals surface area (Å²) < 4.78 is 32.2. The summed E-state index contributed by atoms with van der Waals surface area (Å²) in [5, 5.41) is 16.5. The molecule has 3 aromatic rings. The lowest BCUT2D eigenvalue weighted by Crippen LogP contribution is -2.48. The molecule has 0 aliphatic rings. The zero-order valence-corrected chi connectivity index (χ0v) is 16.6. The topological polar surface area (TPSA) is 74.5 Å². The van der Waals surface area contributed by atoms with Crippen LogP contribution in [0, 0.1) is 18.6 Å². The van der Waals surface area contributed by atoms with Crippen molar-refractivity contribution >= 4 is 5.91 Å². The van der Waals surface area contributed by atoms with E-state index >= 15 is 0 Å². The van der Waals surface area contributed by atoms with Crippen molar-refractivity contribution in [2.45, 2.75) is 32.0 Å². The molecule has 3 N–H and O–H groups in total. The zero-order chi connectivity index (χ0) is 21.5. The Morgan fingerprint density at radius 2 is 1.83 bits per heavy atom. The fraction of sp³-hybridized carbons (Fsp3) is 0.261. The lowest BCUT2D eigenvalue weighted by molar-refractivity contribution is 0.0805. The van der Waals surface area contributed by atoms with Gasteiger partial charge in [0.2, 0.25) is 0 Å². The molecule has 2 atom stereocenters. The molecule has 2 aromatic carbocycles. The third-order valence-electron chi connectivity index (χ3n) is 4.67. The molecule has 1 heterocycles. The highest BCUT2D eigenvalue weighted by Crippen LogP contribution is 2.13. The second-order valence-electron chi connectivity index (χ2n) is 7.23. The van der Waals surface area contributed by atoms with E-state index in [1.54, 1.807) is 6.07 Å². The van der Waals surface area contributed by atoms with E-state index in [1.165, 1.54) is 24.5 Å². The molecule has 30 heavy (non-hydrogen) atoms. The number of aliphatic hydroxyl groups excluding tert-OH is 1. The summed E-state index contributed by atoms with van der Waals surface area (Å²) in [6, 6.07) is 13.4. The van der Waals surface area contributed by atoms with Gasteiger partial charge in [-0.1, -0.05) is 29.8 Å². The number of benzene rings is 2. The van der Waals surface area contributed by atoms with Gasteiger partial charge in [0.1, 0.15) is 11.6 Å². The second kappa shape index (κ2) is 10.1. The molecule has 0 aliphatic heterocycles. The molecule has 3 rings (SSSR count). The number of carbonyl (C=O) groups excluding carboxylic acids is 1. The Labute approximate surface area is 173 Å². The number of rotatable bonds is 9. The summed E-state index contributed by atoms with van der Waals surface area (Å²) in [6.07, 6.45) is 0.417. The van der Waals surface area contributed by atoms with Crippen molar-refractivity contribution < 1.29 is 23.1 Å². The van der Waals surface area contributed by atoms with E-state index in [2.05, 4.69) is 10.6 Å². The van der Waals surface area contributed by atoms with Gasteiger partial charge in [0.25, 0.3) is 5.91 Å². The summed E-state index contributed by atoms with van der Waals surface area (Å²) in [5.41, 5.74) is 2.52. The third kappa shape index (κ3) is 6.23. The first kappa shape index (κ1) is 21.7. The SMILES string of the molecule is Cc1cccc(CNC[C@@H](O)[C@H](Cc2cc(F)cc(F)c2)NC(=O)c2ccco2)c1. The van der Waals surface area contributed by atoms with E-state index in [-0.39, 0.29) is 18.7 Å². The first-order valence-corrected chi connectivity index (χ1v) is 9.64. The van der Waals surface area contributed by atoms with E-state index in [9.17, 15) is 18.7 Å². The van der Waals surface area contributed by atoms with Crippen LogP contribution < -0.4 is 10.6 Å². The van der Waals surface area contributed by atoms with Gasteiger partial charge in [-0.3, -0.25) is 4.79 Å². The lowest BCUT2D eigenvalue weighted by atomic mass is 10.0. The molecule has 1 aromatic heterocycles. The van der Waals surface area contributed by atoms with Gasteiger partial charge in [0, 0.05) is 19.2 Å². The van der Waals surface area contributed by atoms with Gasteiger partial charge >= 0.3 is 0 Å². The number of aliphatic hydroxyl groups is 1. The Morgan fingerprint density at radius 3 is 2.50 bits per heavy atom. The number of halogens is 2. The minimum Gasteiger partial charge on any atom is -0.459 e. The maximum absolute atomic E-state index is 13.6. The average Bonchev–Trinajstić information content (AvgIpc) is 3.21. The Bertz CT molecular complexity index is 956. The molecule has 1 amide bonds. The van der Waals surface area contributed by atoms with Gasteiger partial charge in [-0.05, 0) is 48.7 Å². The molecule has 0 saturated heterocycles. The maximum atomic E-state index is 13.6. The van der Waals surface area contributed by atoms with Crippen LogP contribution in [0.4, 0.5) is 8.78 Å². The van der Waals surface area contributed by atoms with Crippen LogP contribution in [0.3, 0.4) is 0 Å². The molecule has 0 unspecified atom stereocenters. The number of aryl methyl sites for hydroxylation is 1. The maximum Gasteiger partial charge on any atom is 0.287 e. The van der Waals surface area contributed by atoms with Gasteiger partial charge in [0.05, 0.1) is 18.4 Å². The smallest absolute Gasteiger partial charge is 0.287 e. The van der Waals surface area contributed by atoms with Crippen molar-refractivity contribution in [1.82, 2.24) is 10.6 Å². The van der Waals surface area contributed by atoms with Crippen molar-refractivity contribution in [2.75, 3.05) is 6.54 Å². The van der Waals surface area contributed by atoms with Gasteiger partial charge in [-0.15, -0.1) is 0 Å². The summed E-state index contributed by atoms with van der Waals surface area (Å²) >= 11 is 0. The average molecular weight is 414 g/mol. The summed E-state index contributed by atoms with van der Waals surface area (Å²) in [4.78, 5) is 12.4. The van der Waals surface area contributed by atoms with E-state index in [4.69, 9.17) is 4.42 Å². The van der Waals surface area contributed by atoms with Gasteiger partial charge in [-0.2, -0.15) is 0 Å². The van der Waals surface area contributed by atoms with Crippen LogP contribution in [-0.4, -0.2) is 29.7 Å². The Hall–Kier alpha value is -3.03. The first-order chi connectivity index (χ1) is 14.4. The third-order valence-corrected chi connectivity index (χ3v) is 4.67. The Balaban J connectivity index is 1.67.